The Morgan fingerprint density at radius 1 is 1.50 bits per heavy atom. The van der Waals surface area contributed by atoms with Gasteiger partial charge in [-0.25, -0.2) is 4.98 Å². The van der Waals surface area contributed by atoms with Crippen LogP contribution in [0.3, 0.4) is 0 Å². The molecule has 102 valence electrons. The predicted octanol–water partition coefficient (Wildman–Crippen LogP) is 3.27. The van der Waals surface area contributed by atoms with Crippen LogP contribution in [-0.4, -0.2) is 15.9 Å². The number of hydrogen-bond acceptors (Lipinski definition) is 5. The largest absolute Gasteiger partial charge is 0.282 e. The minimum Gasteiger partial charge on any atom is -0.267 e. The van der Waals surface area contributed by atoms with Gasteiger partial charge in [0.15, 0.2) is 0 Å². The third-order valence-corrected chi connectivity index (χ3v) is 5.18. The quantitative estimate of drug-likeness (QED) is 0.697. The Labute approximate surface area is 124 Å². The van der Waals surface area contributed by atoms with Crippen molar-refractivity contribution in [2.24, 2.45) is 5.10 Å². The molecule has 0 aliphatic rings. The molecule has 0 aromatic carbocycles. The van der Waals surface area contributed by atoms with Crippen LogP contribution in [0.2, 0.25) is 0 Å². The van der Waals surface area contributed by atoms with Crippen LogP contribution in [0.1, 0.15) is 22.2 Å². The van der Waals surface area contributed by atoms with Gasteiger partial charge in [0.2, 0.25) is 0 Å². The molecule has 3 heterocycles. The van der Waals surface area contributed by atoms with Crippen molar-refractivity contribution < 1.29 is 0 Å². The second-order valence-corrected chi connectivity index (χ2v) is 6.45. The molecule has 3 aromatic heterocycles. The first-order valence-corrected chi connectivity index (χ1v) is 7.97. The molecule has 3 aromatic rings. The molecule has 20 heavy (non-hydrogen) atoms. The predicted molar refractivity (Wildman–Crippen MR) is 85.3 cm³/mol. The molecule has 0 aliphatic heterocycles. The van der Waals surface area contributed by atoms with E-state index in [2.05, 4.69) is 17.0 Å². The summed E-state index contributed by atoms with van der Waals surface area (Å²) in [5.74, 6) is 0. The Morgan fingerprint density at radius 3 is 3.05 bits per heavy atom. The Kier molecular flexibility index (Phi) is 3.50. The summed E-state index contributed by atoms with van der Waals surface area (Å²) in [5, 5.41) is 6.88. The second kappa shape index (κ2) is 5.30. The first-order chi connectivity index (χ1) is 9.69. The maximum atomic E-state index is 12.3. The van der Waals surface area contributed by atoms with Crippen LogP contribution in [0, 0.1) is 6.92 Å². The molecular weight excluding hydrogens is 290 g/mol. The van der Waals surface area contributed by atoms with Gasteiger partial charge in [-0.15, -0.1) is 22.7 Å². The maximum Gasteiger partial charge on any atom is 0.282 e. The number of thiophene rings is 2. The molecule has 3 rings (SSSR count). The van der Waals surface area contributed by atoms with E-state index in [0.717, 1.165) is 21.7 Å². The highest BCUT2D eigenvalue weighted by atomic mass is 32.1. The fourth-order valence-electron chi connectivity index (χ4n) is 1.85. The lowest BCUT2D eigenvalue weighted by Gasteiger charge is -1.96. The average molecular weight is 303 g/mol. The minimum absolute atomic E-state index is 0.114. The van der Waals surface area contributed by atoms with Crippen molar-refractivity contribution in [1.82, 2.24) is 9.66 Å². The summed E-state index contributed by atoms with van der Waals surface area (Å²) in [6.45, 7) is 4.09. The van der Waals surface area contributed by atoms with Crippen LogP contribution in [0.5, 0.6) is 0 Å². The van der Waals surface area contributed by atoms with Crippen LogP contribution >= 0.6 is 22.7 Å². The number of fused-ring (bicyclic) bond motifs is 1. The van der Waals surface area contributed by atoms with Crippen LogP contribution in [-0.2, 0) is 6.42 Å². The highest BCUT2D eigenvalue weighted by molar-refractivity contribution is 7.18. The average Bonchev–Trinajstić information content (AvgIpc) is 3.04. The number of nitrogens with zero attached hydrogens (tertiary/aromatic N) is 3. The fourth-order valence-corrected chi connectivity index (χ4v) is 3.56. The molecule has 0 atom stereocenters. The smallest absolute Gasteiger partial charge is 0.267 e. The van der Waals surface area contributed by atoms with E-state index in [4.69, 9.17) is 0 Å². The van der Waals surface area contributed by atoms with Gasteiger partial charge >= 0.3 is 0 Å². The van der Waals surface area contributed by atoms with E-state index >= 15 is 0 Å². The molecule has 0 radical (unpaired) electrons. The summed E-state index contributed by atoms with van der Waals surface area (Å²) < 4.78 is 1.30. The minimum atomic E-state index is -0.114. The highest BCUT2D eigenvalue weighted by Gasteiger charge is 2.07. The van der Waals surface area contributed by atoms with Gasteiger partial charge in [0.25, 0.3) is 5.56 Å². The number of hydrogen-bond donors (Lipinski definition) is 0. The van der Waals surface area contributed by atoms with E-state index < -0.39 is 0 Å². The van der Waals surface area contributed by atoms with Gasteiger partial charge in [-0.2, -0.15) is 9.78 Å². The van der Waals surface area contributed by atoms with Crippen molar-refractivity contribution in [3.8, 4) is 0 Å². The zero-order valence-corrected chi connectivity index (χ0v) is 12.8. The summed E-state index contributed by atoms with van der Waals surface area (Å²) in [5.41, 5.74) is 1.04. The molecule has 0 saturated heterocycles. The number of rotatable bonds is 3. The SMILES string of the molecule is CCc1cc2c(=O)n(/N=C\c3sccc3C)cnc2s1. The molecular formula is C14H13N3OS2. The van der Waals surface area contributed by atoms with Crippen LogP contribution in [0.15, 0.2) is 33.7 Å². The summed E-state index contributed by atoms with van der Waals surface area (Å²) in [6, 6.07) is 3.94. The summed E-state index contributed by atoms with van der Waals surface area (Å²) >= 11 is 3.17. The number of aromatic nitrogens is 2. The normalized spacial score (nSPS) is 11.7. The monoisotopic (exact) mass is 303 g/mol. The van der Waals surface area contributed by atoms with Crippen molar-refractivity contribution in [3.05, 3.63) is 49.5 Å². The zero-order valence-electron chi connectivity index (χ0n) is 11.2. The summed E-state index contributed by atoms with van der Waals surface area (Å²) in [6.07, 6.45) is 4.11. The van der Waals surface area contributed by atoms with Crippen molar-refractivity contribution in [1.29, 1.82) is 0 Å². The van der Waals surface area contributed by atoms with E-state index in [1.165, 1.54) is 15.9 Å². The van der Waals surface area contributed by atoms with Gasteiger partial charge in [0, 0.05) is 4.88 Å². The standard InChI is InChI=1S/C14H13N3OS2/c1-3-10-6-11-13(20-10)15-8-17(14(11)18)16-7-12-9(2)4-5-19-12/h4-8H,3H2,1-2H3/b16-7-. The van der Waals surface area contributed by atoms with E-state index in [-0.39, 0.29) is 5.56 Å². The Balaban J connectivity index is 2.04. The maximum absolute atomic E-state index is 12.3. The summed E-state index contributed by atoms with van der Waals surface area (Å²) in [7, 11) is 0. The Bertz CT molecular complexity index is 842. The van der Waals surface area contributed by atoms with Crippen LogP contribution < -0.4 is 5.56 Å². The van der Waals surface area contributed by atoms with Gasteiger partial charge in [-0.05, 0) is 36.4 Å². The van der Waals surface area contributed by atoms with Gasteiger partial charge in [-0.1, -0.05) is 6.92 Å². The molecule has 6 heteroatoms. The van der Waals surface area contributed by atoms with E-state index in [1.54, 1.807) is 28.9 Å². The molecule has 0 fully saturated rings. The van der Waals surface area contributed by atoms with E-state index in [0.29, 0.717) is 5.39 Å². The number of aryl methyl sites for hydroxylation is 2. The highest BCUT2D eigenvalue weighted by Crippen LogP contribution is 2.21. The van der Waals surface area contributed by atoms with Gasteiger partial charge in [0.1, 0.15) is 11.2 Å². The van der Waals surface area contributed by atoms with Gasteiger partial charge < -0.3 is 0 Å². The first-order valence-electron chi connectivity index (χ1n) is 6.27. The third-order valence-electron chi connectivity index (χ3n) is 3.04. The molecule has 0 saturated carbocycles. The molecule has 0 aliphatic carbocycles. The Morgan fingerprint density at radius 2 is 2.35 bits per heavy atom. The molecule has 0 N–H and O–H groups in total. The topological polar surface area (TPSA) is 47.2 Å². The zero-order chi connectivity index (χ0) is 14.1. The molecule has 0 unspecified atom stereocenters. The summed E-state index contributed by atoms with van der Waals surface area (Å²) in [4.78, 5) is 19.6. The molecule has 0 bridgehead atoms. The van der Waals surface area contributed by atoms with Gasteiger partial charge in [-0.3, -0.25) is 4.79 Å². The van der Waals surface area contributed by atoms with Crippen LogP contribution in [0.25, 0.3) is 10.2 Å². The first kappa shape index (κ1) is 13.2. The van der Waals surface area contributed by atoms with Crippen molar-refractivity contribution >= 4 is 39.1 Å². The van der Waals surface area contributed by atoms with Crippen LogP contribution in [0.4, 0.5) is 0 Å². The van der Waals surface area contributed by atoms with E-state index in [9.17, 15) is 4.79 Å². The third kappa shape index (κ3) is 2.32. The lowest BCUT2D eigenvalue weighted by Crippen LogP contribution is -2.16. The Hall–Kier alpha value is -1.79. The molecule has 0 spiro atoms. The van der Waals surface area contributed by atoms with Crippen molar-refractivity contribution in [2.45, 2.75) is 20.3 Å². The lowest BCUT2D eigenvalue weighted by atomic mass is 10.3. The van der Waals surface area contributed by atoms with Crippen molar-refractivity contribution in [3.63, 3.8) is 0 Å². The lowest BCUT2D eigenvalue weighted by molar-refractivity contribution is 0.819. The molecule has 4 nitrogen and oxygen atoms in total. The van der Waals surface area contributed by atoms with Gasteiger partial charge in [0.05, 0.1) is 16.5 Å². The second-order valence-electron chi connectivity index (χ2n) is 4.39. The molecule has 0 amide bonds. The van der Waals surface area contributed by atoms with Crippen molar-refractivity contribution in [2.75, 3.05) is 0 Å². The van der Waals surface area contributed by atoms with E-state index in [1.807, 2.05) is 24.4 Å². The fraction of sp³-hybridized carbons (Fsp3) is 0.214.